The number of carbonyl (C=O) groups excluding carboxylic acids is 4. The number of amides is 4. The summed E-state index contributed by atoms with van der Waals surface area (Å²) in [5.74, 6) is -2.92. The van der Waals surface area contributed by atoms with E-state index in [9.17, 15) is 60.0 Å². The minimum Gasteiger partial charge on any atom is -0.394 e. The van der Waals surface area contributed by atoms with Crippen LogP contribution in [0.1, 0.15) is 42.0 Å². The molecule has 0 aromatic carbocycles. The highest BCUT2D eigenvalue weighted by Gasteiger charge is 2.32. The fourth-order valence-corrected chi connectivity index (χ4v) is 4.94. The Hall–Kier alpha value is -4.44. The van der Waals surface area contributed by atoms with Crippen molar-refractivity contribution < 1.29 is 80.5 Å². The second-order valence-electron chi connectivity index (χ2n) is 12.2. The molecule has 2 aromatic rings. The Kier molecular flexibility index (Phi) is 21.5. The number of hydrogen-bond donors (Lipinski definition) is 12. The van der Waals surface area contributed by atoms with Gasteiger partial charge in [-0.25, -0.2) is 15.0 Å². The fourth-order valence-electron chi connectivity index (χ4n) is 4.94. The zero-order valence-electron chi connectivity index (χ0n) is 31.2. The number of aromatic nitrogens is 4. The Bertz CT molecular complexity index is 1420. The van der Waals surface area contributed by atoms with Gasteiger partial charge in [0, 0.05) is 28.2 Å². The van der Waals surface area contributed by atoms with Crippen molar-refractivity contribution in [3.8, 4) is 0 Å². The van der Waals surface area contributed by atoms with Gasteiger partial charge in [-0.3, -0.25) is 24.2 Å². The Morgan fingerprint density at radius 3 is 0.857 bits per heavy atom. The first-order chi connectivity index (χ1) is 26.5. The van der Waals surface area contributed by atoms with E-state index in [1.54, 1.807) is 0 Å². The molecule has 2 heterocycles. The molecule has 0 spiro atoms. The lowest BCUT2D eigenvalue weighted by molar-refractivity contribution is -0.00147. The molecule has 2 rings (SSSR count). The van der Waals surface area contributed by atoms with E-state index in [-0.39, 0.29) is 22.8 Å². The van der Waals surface area contributed by atoms with E-state index >= 15 is 0 Å². The number of carbonyl (C=O) groups is 4. The average molecular weight is 805 g/mol. The highest BCUT2D eigenvalue weighted by Crippen LogP contribution is 2.13. The molecule has 8 unspecified atom stereocenters. The first kappa shape index (κ1) is 49.6. The second-order valence-corrected chi connectivity index (χ2v) is 12.2. The molecule has 2 aromatic heterocycles. The molecule has 24 heteroatoms. The summed E-state index contributed by atoms with van der Waals surface area (Å²) in [5.41, 5.74) is -0.846. The van der Waals surface area contributed by atoms with Gasteiger partial charge in [0.15, 0.2) is 0 Å². The molecule has 316 valence electrons. The predicted molar refractivity (Wildman–Crippen MR) is 188 cm³/mol. The molecule has 0 aliphatic heterocycles. The second kappa shape index (κ2) is 24.3. The van der Waals surface area contributed by atoms with Crippen LogP contribution in [-0.2, 0) is 0 Å². The summed E-state index contributed by atoms with van der Waals surface area (Å²) in [6.45, 7) is -5.06. The van der Waals surface area contributed by atoms with Gasteiger partial charge >= 0.3 is 0 Å². The summed E-state index contributed by atoms with van der Waals surface area (Å²) in [4.78, 5) is 69.2. The van der Waals surface area contributed by atoms with E-state index in [4.69, 9.17) is 20.4 Å². The van der Waals surface area contributed by atoms with Crippen LogP contribution in [0.3, 0.4) is 0 Å². The molecule has 0 saturated carbocycles. The van der Waals surface area contributed by atoms with Gasteiger partial charge in [0.25, 0.3) is 23.6 Å². The number of nitrogens with zero attached hydrogens (tertiary/aromatic N) is 8. The van der Waals surface area contributed by atoms with Crippen LogP contribution in [0.5, 0.6) is 0 Å². The van der Waals surface area contributed by atoms with Crippen molar-refractivity contribution in [3.63, 3.8) is 0 Å². The third kappa shape index (κ3) is 12.8. The van der Waals surface area contributed by atoms with E-state index in [2.05, 4.69) is 19.9 Å². The zero-order valence-corrected chi connectivity index (χ0v) is 31.2. The van der Waals surface area contributed by atoms with Gasteiger partial charge in [-0.05, 0) is 0 Å². The summed E-state index contributed by atoms with van der Waals surface area (Å²) in [5, 5.41) is 112. The summed E-state index contributed by atoms with van der Waals surface area (Å²) < 4.78 is 0. The average Bonchev–Trinajstić information content (AvgIpc) is 3.22. The standard InChI is InChI=1S/2C16H26N4O8/c1-19(11(5-21)13(25)7-23)15(27)9-3-18-10(4-17-9)16(28)20(2)12(6-22)14(26)8-24;1-19(11(5-21)13(25)7-23)15(27)9-3-17-4-10(18-9)16(28)20(2)12(6-22)14(26)8-24/h2*3-4,11-14,21-26H,5-8H2,1-2H3. The molecule has 0 saturated heterocycles. The number of likely N-dealkylation sites (N-methyl/N-ethyl adjacent to an activating group) is 4. The van der Waals surface area contributed by atoms with Gasteiger partial charge < -0.3 is 80.9 Å². The number of rotatable bonds is 20. The van der Waals surface area contributed by atoms with Crippen molar-refractivity contribution in [2.24, 2.45) is 0 Å². The molecule has 24 nitrogen and oxygen atoms in total. The van der Waals surface area contributed by atoms with Crippen LogP contribution >= 0.6 is 0 Å². The Morgan fingerprint density at radius 2 is 0.661 bits per heavy atom. The molecule has 0 aliphatic rings. The maximum atomic E-state index is 12.5. The summed E-state index contributed by atoms with van der Waals surface area (Å²) in [6.07, 6.45) is -1.25. The third-order valence-electron chi connectivity index (χ3n) is 8.71. The number of aliphatic hydroxyl groups is 12. The highest BCUT2D eigenvalue weighted by atomic mass is 16.3. The van der Waals surface area contributed by atoms with Gasteiger partial charge in [0.1, 0.15) is 22.8 Å². The maximum Gasteiger partial charge on any atom is 0.274 e. The topological polar surface area (TPSA) is 376 Å². The third-order valence-corrected chi connectivity index (χ3v) is 8.71. The Morgan fingerprint density at radius 1 is 0.429 bits per heavy atom. The number of aliphatic hydroxyl groups excluding tert-OH is 12. The lowest BCUT2D eigenvalue weighted by Crippen LogP contribution is -2.49. The molecule has 8 atom stereocenters. The molecule has 0 bridgehead atoms. The van der Waals surface area contributed by atoms with Crippen LogP contribution in [0, 0.1) is 0 Å². The largest absolute Gasteiger partial charge is 0.394 e. The first-order valence-corrected chi connectivity index (χ1v) is 16.8. The molecular weight excluding hydrogens is 752 g/mol. The quantitative estimate of drug-likeness (QED) is 0.0591. The van der Waals surface area contributed by atoms with E-state index in [1.807, 2.05) is 0 Å². The smallest absolute Gasteiger partial charge is 0.274 e. The summed E-state index contributed by atoms with van der Waals surface area (Å²) in [6, 6.07) is -4.31. The predicted octanol–water partition coefficient (Wildman–Crippen LogP) is -7.90. The fraction of sp³-hybridized carbons (Fsp3) is 0.625. The van der Waals surface area contributed by atoms with Gasteiger partial charge in [-0.2, -0.15) is 0 Å². The van der Waals surface area contributed by atoms with Crippen molar-refractivity contribution in [1.29, 1.82) is 0 Å². The molecule has 4 amide bonds. The lowest BCUT2D eigenvalue weighted by atomic mass is 10.1. The van der Waals surface area contributed by atoms with E-state index in [0.29, 0.717) is 0 Å². The monoisotopic (exact) mass is 804 g/mol. The van der Waals surface area contributed by atoms with Crippen molar-refractivity contribution >= 4 is 23.6 Å². The minimum absolute atomic E-state index is 0.167. The molecule has 0 fully saturated rings. The van der Waals surface area contributed by atoms with Crippen LogP contribution in [0.15, 0.2) is 24.8 Å². The van der Waals surface area contributed by atoms with Crippen molar-refractivity contribution in [2.75, 3.05) is 81.0 Å². The molecule has 12 N–H and O–H groups in total. The van der Waals surface area contributed by atoms with Crippen molar-refractivity contribution in [1.82, 2.24) is 39.5 Å². The molecular formula is C32H52N8O16. The molecule has 0 aliphatic carbocycles. The van der Waals surface area contributed by atoms with Gasteiger partial charge in [-0.15, -0.1) is 0 Å². The van der Waals surface area contributed by atoms with E-state index < -0.39 is 125 Å². The normalized spacial score (nSPS) is 15.4. The first-order valence-electron chi connectivity index (χ1n) is 16.8. The van der Waals surface area contributed by atoms with Crippen LogP contribution in [0.25, 0.3) is 0 Å². The Balaban J connectivity index is 0.000000560. The van der Waals surface area contributed by atoms with Crippen LogP contribution in [-0.4, -0.2) is 254 Å². The molecule has 56 heavy (non-hydrogen) atoms. The SMILES string of the molecule is CN(C(=O)c1cnc(C(=O)N(C)C(CO)C(O)CO)cn1)C(CO)C(O)CO.CN(C(=O)c1cncc(C(=O)N(C)C(CO)C(O)CO)n1)C(CO)C(O)CO. The van der Waals surface area contributed by atoms with Crippen LogP contribution < -0.4 is 0 Å². The minimum atomic E-state index is -1.38. The van der Waals surface area contributed by atoms with Crippen LogP contribution in [0.4, 0.5) is 0 Å². The zero-order chi connectivity index (χ0) is 42.9. The summed E-state index contributed by atoms with van der Waals surface area (Å²) in [7, 11) is 5.17. The lowest BCUT2D eigenvalue weighted by Gasteiger charge is -2.30. The van der Waals surface area contributed by atoms with E-state index in [1.165, 1.54) is 28.2 Å². The summed E-state index contributed by atoms with van der Waals surface area (Å²) >= 11 is 0. The van der Waals surface area contributed by atoms with Crippen LogP contribution in [0.2, 0.25) is 0 Å². The van der Waals surface area contributed by atoms with Crippen molar-refractivity contribution in [3.05, 3.63) is 47.6 Å². The maximum absolute atomic E-state index is 12.5. The van der Waals surface area contributed by atoms with E-state index in [0.717, 1.165) is 44.4 Å². The van der Waals surface area contributed by atoms with Crippen molar-refractivity contribution in [2.45, 2.75) is 48.6 Å². The van der Waals surface area contributed by atoms with Gasteiger partial charge in [0.05, 0.1) is 126 Å². The van der Waals surface area contributed by atoms with Gasteiger partial charge in [0.2, 0.25) is 0 Å². The Labute approximate surface area is 320 Å². The number of hydrogen-bond acceptors (Lipinski definition) is 20. The van der Waals surface area contributed by atoms with Gasteiger partial charge in [-0.1, -0.05) is 0 Å². The highest BCUT2D eigenvalue weighted by molar-refractivity contribution is 5.96. The molecule has 0 radical (unpaired) electrons.